The first-order chi connectivity index (χ1) is 18.5. The average Bonchev–Trinajstić information content (AvgIpc) is 2.88. The molecule has 0 aliphatic carbocycles. The fourth-order valence-electron chi connectivity index (χ4n) is 3.97. The molecule has 202 valence electrons. The zero-order chi connectivity index (χ0) is 28.3. The van der Waals surface area contributed by atoms with Crippen molar-refractivity contribution in [2.24, 2.45) is 10.2 Å². The second kappa shape index (κ2) is 13.3. The van der Waals surface area contributed by atoms with Gasteiger partial charge >= 0.3 is 29.6 Å². The van der Waals surface area contributed by atoms with Crippen LogP contribution in [0.3, 0.4) is 0 Å². The van der Waals surface area contributed by atoms with Gasteiger partial charge in [-0.05, 0) is 60.7 Å². The third kappa shape index (κ3) is 6.77. The largest absolute Gasteiger partial charge is 1.00 e. The van der Waals surface area contributed by atoms with Crippen LogP contribution in [0.25, 0.3) is 10.8 Å². The zero-order valence-electron chi connectivity index (χ0n) is 21.7. The number of benzene rings is 4. The van der Waals surface area contributed by atoms with Gasteiger partial charge in [0.2, 0.25) is 0 Å². The molecule has 13 heteroatoms. The summed E-state index contributed by atoms with van der Waals surface area (Å²) in [6.45, 7) is 3.95. The van der Waals surface area contributed by atoms with Crippen LogP contribution in [0.4, 0.5) is 17.1 Å². The molecule has 4 aromatic carbocycles. The molecule has 0 heterocycles. The van der Waals surface area contributed by atoms with Crippen molar-refractivity contribution in [3.8, 4) is 11.5 Å². The van der Waals surface area contributed by atoms with E-state index in [2.05, 4.69) is 15.5 Å². The molecule has 0 aliphatic rings. The molecule has 0 fully saturated rings. The summed E-state index contributed by atoms with van der Waals surface area (Å²) in [6, 6.07) is 15.3. The van der Waals surface area contributed by atoms with E-state index in [0.717, 1.165) is 6.07 Å². The SMILES string of the molecule is CCOc1ccc(NC(=O)c2cc3ccccc3c(N=Nc3c(S(=O)(=O)O)ccc(Cl)c3CC)c2[O-])cc1Cl.[Na+]. The molecule has 0 aromatic heterocycles. The number of hydrogen-bond donors (Lipinski definition) is 2. The summed E-state index contributed by atoms with van der Waals surface area (Å²) in [5, 5.41) is 25.7. The third-order valence-electron chi connectivity index (χ3n) is 5.78. The molecule has 0 bridgehead atoms. The van der Waals surface area contributed by atoms with Crippen molar-refractivity contribution in [2.75, 3.05) is 11.9 Å². The van der Waals surface area contributed by atoms with Gasteiger partial charge in [-0.15, -0.1) is 5.11 Å². The quantitative estimate of drug-likeness (QED) is 0.175. The van der Waals surface area contributed by atoms with Gasteiger partial charge in [0.1, 0.15) is 16.3 Å². The van der Waals surface area contributed by atoms with Crippen LogP contribution in [0, 0.1) is 0 Å². The molecule has 2 N–H and O–H groups in total. The Bertz CT molecular complexity index is 1730. The van der Waals surface area contributed by atoms with Crippen molar-refractivity contribution in [1.82, 2.24) is 0 Å². The van der Waals surface area contributed by atoms with Gasteiger partial charge in [0.05, 0.1) is 17.3 Å². The van der Waals surface area contributed by atoms with Crippen molar-refractivity contribution < 1.29 is 57.2 Å². The number of nitrogens with one attached hydrogen (secondary N) is 1. The van der Waals surface area contributed by atoms with E-state index in [9.17, 15) is 22.9 Å². The molecular weight excluding hydrogens is 588 g/mol. The minimum atomic E-state index is -4.68. The van der Waals surface area contributed by atoms with Crippen LogP contribution in [0.2, 0.25) is 10.0 Å². The minimum absolute atomic E-state index is 0. The number of amides is 1. The van der Waals surface area contributed by atoms with Crippen LogP contribution >= 0.6 is 23.2 Å². The Morgan fingerprint density at radius 2 is 1.70 bits per heavy atom. The van der Waals surface area contributed by atoms with Gasteiger partial charge in [-0.1, -0.05) is 60.1 Å². The van der Waals surface area contributed by atoms with Crippen LogP contribution in [-0.4, -0.2) is 25.5 Å². The number of ether oxygens (including phenoxy) is 1. The number of azo groups is 1. The summed E-state index contributed by atoms with van der Waals surface area (Å²) in [5.74, 6) is -0.995. The maximum absolute atomic E-state index is 13.5. The molecule has 1 amide bonds. The van der Waals surface area contributed by atoms with Gasteiger partial charge < -0.3 is 15.2 Å². The van der Waals surface area contributed by atoms with Gasteiger partial charge in [-0.25, -0.2) is 0 Å². The number of rotatable bonds is 8. The Morgan fingerprint density at radius 3 is 2.35 bits per heavy atom. The molecule has 0 spiro atoms. The van der Waals surface area contributed by atoms with E-state index in [0.29, 0.717) is 34.4 Å². The van der Waals surface area contributed by atoms with Gasteiger partial charge in [-0.3, -0.25) is 9.35 Å². The summed E-state index contributed by atoms with van der Waals surface area (Å²) in [5.41, 5.74) is 0.0488. The second-order valence-electron chi connectivity index (χ2n) is 8.26. The number of anilines is 1. The summed E-state index contributed by atoms with van der Waals surface area (Å²) in [7, 11) is -4.68. The minimum Gasteiger partial charge on any atom is -0.870 e. The number of carbonyl (C=O) groups excluding carboxylic acids is 1. The van der Waals surface area contributed by atoms with Crippen LogP contribution in [0.15, 0.2) is 75.8 Å². The molecule has 0 atom stereocenters. The number of carbonyl (C=O) groups is 1. The fraction of sp³-hybridized carbons (Fsp3) is 0.148. The van der Waals surface area contributed by atoms with Crippen molar-refractivity contribution >= 4 is 67.1 Å². The van der Waals surface area contributed by atoms with E-state index in [1.165, 1.54) is 18.2 Å². The van der Waals surface area contributed by atoms with Crippen molar-refractivity contribution in [2.45, 2.75) is 25.2 Å². The number of nitrogens with zero attached hydrogens (tertiary/aromatic N) is 2. The van der Waals surface area contributed by atoms with E-state index in [1.54, 1.807) is 43.3 Å². The van der Waals surface area contributed by atoms with E-state index >= 15 is 0 Å². The van der Waals surface area contributed by atoms with Gasteiger partial charge in [0, 0.05) is 21.7 Å². The van der Waals surface area contributed by atoms with Crippen molar-refractivity contribution in [1.29, 1.82) is 0 Å². The Balaban J connectivity index is 0.00000441. The smallest absolute Gasteiger partial charge is 0.870 e. The zero-order valence-corrected chi connectivity index (χ0v) is 26.1. The first kappa shape index (κ1) is 31.8. The second-order valence-corrected chi connectivity index (χ2v) is 10.5. The molecular formula is C27H22Cl2N3NaO6S. The van der Waals surface area contributed by atoms with E-state index in [-0.39, 0.29) is 63.0 Å². The summed E-state index contributed by atoms with van der Waals surface area (Å²) in [4.78, 5) is 12.7. The van der Waals surface area contributed by atoms with Crippen LogP contribution in [0.5, 0.6) is 11.5 Å². The molecule has 0 radical (unpaired) electrons. The monoisotopic (exact) mass is 609 g/mol. The topological polar surface area (TPSA) is 140 Å². The Kier molecular flexibility index (Phi) is 10.6. The summed E-state index contributed by atoms with van der Waals surface area (Å²) >= 11 is 12.4. The standard InChI is InChI=1S/C27H23Cl2N3O6S.Na/c1-3-17-20(28)10-12-23(39(35,36)37)24(17)31-32-25-18-8-6-5-7-15(18)13-19(26(25)33)27(34)30-16-9-11-22(38-4-2)21(29)14-16;/h5-14,33H,3-4H2,1-2H3,(H,30,34)(H,35,36,37);/q;+1/p-1. The molecule has 4 aromatic rings. The van der Waals surface area contributed by atoms with Gasteiger partial charge in [-0.2, -0.15) is 13.5 Å². The normalized spacial score (nSPS) is 11.4. The molecule has 0 saturated heterocycles. The maximum atomic E-state index is 13.5. The molecule has 0 unspecified atom stereocenters. The number of fused-ring (bicyclic) bond motifs is 1. The molecule has 40 heavy (non-hydrogen) atoms. The Labute approximate surface area is 263 Å². The predicted octanol–water partition coefficient (Wildman–Crippen LogP) is 4.10. The first-order valence-electron chi connectivity index (χ1n) is 11.7. The fourth-order valence-corrected chi connectivity index (χ4v) is 5.14. The van der Waals surface area contributed by atoms with E-state index in [4.69, 9.17) is 27.9 Å². The Hall–Kier alpha value is -2.70. The Morgan fingerprint density at radius 1 is 1.00 bits per heavy atom. The summed E-state index contributed by atoms with van der Waals surface area (Å²) < 4.78 is 39.1. The molecule has 9 nitrogen and oxygen atoms in total. The van der Waals surface area contributed by atoms with Crippen LogP contribution in [0.1, 0.15) is 29.8 Å². The molecule has 4 rings (SSSR count). The maximum Gasteiger partial charge on any atom is 1.00 e. The van der Waals surface area contributed by atoms with E-state index in [1.807, 2.05) is 6.92 Å². The summed E-state index contributed by atoms with van der Waals surface area (Å²) in [6.07, 6.45) is 0.272. The van der Waals surface area contributed by atoms with E-state index < -0.39 is 26.7 Å². The van der Waals surface area contributed by atoms with Crippen molar-refractivity contribution in [3.63, 3.8) is 0 Å². The number of hydrogen-bond acceptors (Lipinski definition) is 7. The average molecular weight is 610 g/mol. The molecule has 0 aliphatic heterocycles. The van der Waals surface area contributed by atoms with Gasteiger partial charge in [0.25, 0.3) is 16.0 Å². The van der Waals surface area contributed by atoms with Crippen LogP contribution in [-0.2, 0) is 16.5 Å². The first-order valence-corrected chi connectivity index (χ1v) is 13.9. The molecule has 0 saturated carbocycles. The van der Waals surface area contributed by atoms with Crippen molar-refractivity contribution in [3.05, 3.63) is 81.8 Å². The van der Waals surface area contributed by atoms with Crippen LogP contribution < -0.4 is 44.7 Å². The third-order valence-corrected chi connectivity index (χ3v) is 7.31. The van der Waals surface area contributed by atoms with Gasteiger partial charge in [0.15, 0.2) is 0 Å². The predicted molar refractivity (Wildman–Crippen MR) is 149 cm³/mol. The number of halogens is 2.